The van der Waals surface area contributed by atoms with Gasteiger partial charge in [-0.25, -0.2) is 0 Å². The zero-order chi connectivity index (χ0) is 47.3. The molecule has 0 bridgehead atoms. The molecule has 2 atom stereocenters. The number of hydrogen-bond donors (Lipinski definition) is 6. The van der Waals surface area contributed by atoms with E-state index in [0.717, 1.165) is 11.8 Å². The van der Waals surface area contributed by atoms with Crippen LogP contribution in [0.3, 0.4) is 0 Å². The van der Waals surface area contributed by atoms with Gasteiger partial charge in [0.15, 0.2) is 11.6 Å². The third kappa shape index (κ3) is 13.2. The number of Topliss-reactive ketones (excluding diaryl/α,β-unsaturated/α-hetero) is 2. The van der Waals surface area contributed by atoms with E-state index in [9.17, 15) is 43.2 Å². The number of methoxy groups -OCH3 is 2. The van der Waals surface area contributed by atoms with Crippen LogP contribution >= 0.6 is 0 Å². The van der Waals surface area contributed by atoms with Gasteiger partial charge in [-0.15, -0.1) is 0 Å². The first-order valence-corrected chi connectivity index (χ1v) is 19.4. The summed E-state index contributed by atoms with van der Waals surface area (Å²) in [5.41, 5.74) is 1.11. The van der Waals surface area contributed by atoms with Gasteiger partial charge in [-0.2, -0.15) is 20.5 Å². The van der Waals surface area contributed by atoms with Crippen LogP contribution in [0, 0.1) is 0 Å². The molecule has 0 heterocycles. The summed E-state index contributed by atoms with van der Waals surface area (Å²) in [5.74, 6) is -3.01. The average molecular weight is 892 g/mol. The van der Waals surface area contributed by atoms with Crippen LogP contribution in [0.15, 0.2) is 99.3 Å². The lowest BCUT2D eigenvalue weighted by Gasteiger charge is -2.26. The highest BCUT2D eigenvalue weighted by molar-refractivity contribution is 6.11. The van der Waals surface area contributed by atoms with Crippen molar-refractivity contribution in [2.75, 3.05) is 36.4 Å². The van der Waals surface area contributed by atoms with Crippen molar-refractivity contribution in [2.24, 2.45) is 20.5 Å². The summed E-state index contributed by atoms with van der Waals surface area (Å²) >= 11 is 0. The zero-order valence-electron chi connectivity index (χ0n) is 35.5. The molecule has 6 N–H and O–H groups in total. The van der Waals surface area contributed by atoms with E-state index in [0.29, 0.717) is 42.8 Å². The topological polar surface area (TPSA) is 297 Å². The Kier molecular flexibility index (Phi) is 18.6. The van der Waals surface area contributed by atoms with Crippen molar-refractivity contribution < 1.29 is 52.6 Å². The number of carbonyl (C=O) groups excluding carboxylic acids is 9. The summed E-state index contributed by atoms with van der Waals surface area (Å²) in [6, 6.07) is 16.9. The number of rotatable bonds is 26. The van der Waals surface area contributed by atoms with Crippen LogP contribution in [0.25, 0.3) is 0 Å². The van der Waals surface area contributed by atoms with Gasteiger partial charge in [0.25, 0.3) is 17.7 Å². The molecule has 338 valence electrons. The lowest BCUT2D eigenvalue weighted by molar-refractivity contribution is -0.127. The average Bonchev–Trinajstić information content (AvgIpc) is 3.30. The first-order chi connectivity index (χ1) is 31.4. The molecule has 22 heteroatoms. The molecule has 0 spiro atoms. The predicted molar refractivity (Wildman–Crippen MR) is 234 cm³/mol. The van der Waals surface area contributed by atoms with Crippen LogP contribution < -0.4 is 46.3 Å². The molecule has 0 radical (unpaired) electrons. The number of azo groups is 2. The van der Waals surface area contributed by atoms with E-state index in [2.05, 4.69) is 52.4 Å². The van der Waals surface area contributed by atoms with Crippen LogP contribution in [0.1, 0.15) is 40.9 Å². The van der Waals surface area contributed by atoms with E-state index in [1.54, 1.807) is 48.5 Å². The van der Waals surface area contributed by atoms with E-state index in [-0.39, 0.29) is 64.6 Å². The molecular formula is C43H45N11O11. The fourth-order valence-corrected chi connectivity index (χ4v) is 6.14. The Morgan fingerprint density at radius 3 is 1.58 bits per heavy atom. The number of nitrogens with one attached hydrogen (secondary N) is 6. The molecular weight excluding hydrogens is 847 g/mol. The summed E-state index contributed by atoms with van der Waals surface area (Å²) < 4.78 is 10.5. The maximum absolute atomic E-state index is 14.7. The minimum Gasteiger partial charge on any atom is -0.495 e. The van der Waals surface area contributed by atoms with Gasteiger partial charge in [0.05, 0.1) is 43.6 Å². The third-order valence-electron chi connectivity index (χ3n) is 9.23. The fraction of sp³-hybridized carbons (Fsp3) is 0.233. The van der Waals surface area contributed by atoms with Gasteiger partial charge in [-0.05, 0) is 79.6 Å². The van der Waals surface area contributed by atoms with Crippen LogP contribution in [-0.4, -0.2) is 87.9 Å². The standard InChI is InChI=1S/C43H45N11O11/c1-26(59)38(41(61)48-34-9-5-7-11-36(34)64-3)51-50-29-13-15-30(16-14-29)54(21-47-25-58)43(63)31-17-28(18-44-22-55)40(33(20-46-24-57)32(31)19-45-23-56)53-52-39(27(2)60)42(62)49-35-10-6-8-12-37(35)65-4/h5-17,22-25,38-39H,18-21H2,1-4H3,(H,44,55)(H,45,56)(H,46,57)(H,47,58)(H,48,61)(H,49,62). The number of ketones is 2. The Morgan fingerprint density at radius 2 is 1.09 bits per heavy atom. The molecule has 0 aliphatic carbocycles. The summed E-state index contributed by atoms with van der Waals surface area (Å²) in [4.78, 5) is 114. The van der Waals surface area contributed by atoms with Crippen LogP contribution in [0.5, 0.6) is 11.5 Å². The number of benzene rings is 4. The van der Waals surface area contributed by atoms with E-state index in [4.69, 9.17) is 9.47 Å². The quantitative estimate of drug-likeness (QED) is 0.0230. The zero-order valence-corrected chi connectivity index (χ0v) is 35.5. The normalized spacial score (nSPS) is 11.6. The molecule has 2 unspecified atom stereocenters. The van der Waals surface area contributed by atoms with E-state index >= 15 is 0 Å². The Balaban J connectivity index is 1.78. The molecule has 0 saturated heterocycles. The largest absolute Gasteiger partial charge is 0.495 e. The summed E-state index contributed by atoms with van der Waals surface area (Å²) in [7, 11) is 2.82. The minimum absolute atomic E-state index is 0.0583. The minimum atomic E-state index is -1.70. The SMILES string of the molecule is COc1ccccc1NC(=O)C(N=Nc1ccc(N(CNC=O)C(=O)c2cc(CNC=O)c(N=NC(C(C)=O)C(=O)Nc3ccccc3OC)c(CNC=O)c2CNC=O)cc1)C(C)=O. The van der Waals surface area contributed by atoms with Gasteiger partial charge in [0.1, 0.15) is 11.5 Å². The predicted octanol–water partition coefficient (Wildman–Crippen LogP) is 3.15. The molecule has 0 fully saturated rings. The van der Waals surface area contributed by atoms with Gasteiger partial charge in [0.2, 0.25) is 37.7 Å². The Morgan fingerprint density at radius 1 is 0.615 bits per heavy atom. The molecule has 65 heavy (non-hydrogen) atoms. The molecule has 0 aromatic heterocycles. The molecule has 4 rings (SSSR count). The molecule has 0 aliphatic heterocycles. The van der Waals surface area contributed by atoms with Crippen LogP contribution in [-0.2, 0) is 58.0 Å². The second-order valence-corrected chi connectivity index (χ2v) is 13.5. The number of nitrogens with zero attached hydrogens (tertiary/aromatic N) is 5. The lowest BCUT2D eigenvalue weighted by atomic mass is 9.93. The number of carbonyl (C=O) groups is 9. The number of anilines is 3. The third-order valence-corrected chi connectivity index (χ3v) is 9.23. The number of ether oxygens (including phenoxy) is 2. The highest BCUT2D eigenvalue weighted by Gasteiger charge is 2.29. The number of hydrogen-bond acceptors (Lipinski definition) is 15. The summed E-state index contributed by atoms with van der Waals surface area (Å²) in [5, 5.41) is 31.5. The van der Waals surface area contributed by atoms with Crippen molar-refractivity contribution in [3.8, 4) is 11.5 Å². The van der Waals surface area contributed by atoms with E-state index in [1.165, 1.54) is 51.5 Å². The molecule has 0 saturated carbocycles. The first kappa shape index (κ1) is 49.0. The molecule has 0 aliphatic rings. The molecule has 4 aromatic rings. The Labute approximate surface area is 371 Å². The second kappa shape index (κ2) is 24.7. The van der Waals surface area contributed by atoms with Crippen LogP contribution in [0.2, 0.25) is 0 Å². The van der Waals surface area contributed by atoms with E-state index in [1.807, 2.05) is 0 Å². The first-order valence-electron chi connectivity index (χ1n) is 19.4. The van der Waals surface area contributed by atoms with Crippen molar-refractivity contribution in [2.45, 2.75) is 45.6 Å². The fourth-order valence-electron chi connectivity index (χ4n) is 6.14. The second-order valence-electron chi connectivity index (χ2n) is 13.5. The van der Waals surface area contributed by atoms with Crippen molar-refractivity contribution in [3.63, 3.8) is 0 Å². The van der Waals surface area contributed by atoms with Crippen LogP contribution in [0.4, 0.5) is 28.4 Å². The number of para-hydroxylation sites is 4. The Bertz CT molecular complexity index is 2460. The maximum atomic E-state index is 14.7. The molecule has 7 amide bonds. The highest BCUT2D eigenvalue weighted by Crippen LogP contribution is 2.34. The van der Waals surface area contributed by atoms with Crippen molar-refractivity contribution >= 4 is 83.4 Å². The van der Waals surface area contributed by atoms with Gasteiger partial charge >= 0.3 is 0 Å². The van der Waals surface area contributed by atoms with Gasteiger partial charge < -0.3 is 41.4 Å². The van der Waals surface area contributed by atoms with Gasteiger partial charge in [0, 0.05) is 36.4 Å². The smallest absolute Gasteiger partial charge is 0.260 e. The van der Waals surface area contributed by atoms with Gasteiger partial charge in [-0.3, -0.25) is 48.1 Å². The van der Waals surface area contributed by atoms with Crippen molar-refractivity contribution in [3.05, 3.63) is 101 Å². The molecule has 4 aromatic carbocycles. The monoisotopic (exact) mass is 891 g/mol. The Hall–Kier alpha value is -8.69. The van der Waals surface area contributed by atoms with E-state index < -0.39 is 48.0 Å². The maximum Gasteiger partial charge on any atom is 0.260 e. The van der Waals surface area contributed by atoms with Gasteiger partial charge in [-0.1, -0.05) is 24.3 Å². The number of amides is 7. The highest BCUT2D eigenvalue weighted by atomic mass is 16.5. The summed E-state index contributed by atoms with van der Waals surface area (Å²) in [6.07, 6.45) is 1.45. The van der Waals surface area contributed by atoms with Crippen molar-refractivity contribution in [1.82, 2.24) is 21.3 Å². The summed E-state index contributed by atoms with van der Waals surface area (Å²) in [6.45, 7) is 0.971. The lowest BCUT2D eigenvalue weighted by Crippen LogP contribution is -2.39. The van der Waals surface area contributed by atoms with Crippen molar-refractivity contribution in [1.29, 1.82) is 0 Å². The molecule has 22 nitrogen and oxygen atoms in total.